The van der Waals surface area contributed by atoms with E-state index in [1.807, 2.05) is 0 Å². The van der Waals surface area contributed by atoms with E-state index in [9.17, 15) is 0 Å². The minimum Gasteiger partial charge on any atom is -0.378 e. The lowest BCUT2D eigenvalue weighted by Gasteiger charge is -2.34. The van der Waals surface area contributed by atoms with Crippen molar-refractivity contribution in [3.8, 4) is 0 Å². The Kier molecular flexibility index (Phi) is 6.50. The molecular formula is C15H31NO. The number of ether oxygens (including phenoxy) is 1. The minimum atomic E-state index is 0.439. The standard InChI is InChI=1S/C15H31NO/c1-5-16-12-15(4,13(2)3)10-6-8-14-9-7-11-17-14/h13-14,16H,5-12H2,1-4H3. The van der Waals surface area contributed by atoms with Crippen molar-refractivity contribution in [1.82, 2.24) is 5.32 Å². The van der Waals surface area contributed by atoms with Crippen LogP contribution in [0.4, 0.5) is 0 Å². The second-order valence-electron chi connectivity index (χ2n) is 6.12. The highest BCUT2D eigenvalue weighted by Gasteiger charge is 2.28. The number of hydrogen-bond acceptors (Lipinski definition) is 2. The molecule has 0 radical (unpaired) electrons. The van der Waals surface area contributed by atoms with Gasteiger partial charge in [0.05, 0.1) is 6.10 Å². The van der Waals surface area contributed by atoms with E-state index in [1.165, 1.54) is 32.1 Å². The predicted molar refractivity (Wildman–Crippen MR) is 74.3 cm³/mol. The van der Waals surface area contributed by atoms with Gasteiger partial charge in [-0.2, -0.15) is 0 Å². The van der Waals surface area contributed by atoms with E-state index < -0.39 is 0 Å². The highest BCUT2D eigenvalue weighted by atomic mass is 16.5. The topological polar surface area (TPSA) is 21.3 Å². The summed E-state index contributed by atoms with van der Waals surface area (Å²) in [4.78, 5) is 0. The van der Waals surface area contributed by atoms with Crippen molar-refractivity contribution in [3.63, 3.8) is 0 Å². The summed E-state index contributed by atoms with van der Waals surface area (Å²) in [5.41, 5.74) is 0.439. The van der Waals surface area contributed by atoms with Gasteiger partial charge in [-0.25, -0.2) is 0 Å². The molecular weight excluding hydrogens is 210 g/mol. The molecule has 1 aliphatic heterocycles. The number of hydrogen-bond donors (Lipinski definition) is 1. The zero-order valence-corrected chi connectivity index (χ0v) is 12.2. The van der Waals surface area contributed by atoms with Crippen LogP contribution in [0.5, 0.6) is 0 Å². The van der Waals surface area contributed by atoms with Crippen LogP contribution >= 0.6 is 0 Å². The van der Waals surface area contributed by atoms with Gasteiger partial charge in [0.25, 0.3) is 0 Å². The molecule has 0 aliphatic carbocycles. The van der Waals surface area contributed by atoms with E-state index in [0.717, 1.165) is 25.6 Å². The first-order valence-corrected chi connectivity index (χ1v) is 7.41. The molecule has 1 heterocycles. The lowest BCUT2D eigenvalue weighted by Crippen LogP contribution is -2.36. The van der Waals surface area contributed by atoms with Crippen molar-refractivity contribution in [3.05, 3.63) is 0 Å². The van der Waals surface area contributed by atoms with Gasteiger partial charge in [0, 0.05) is 13.2 Å². The van der Waals surface area contributed by atoms with Crippen molar-refractivity contribution < 1.29 is 4.74 Å². The monoisotopic (exact) mass is 241 g/mol. The van der Waals surface area contributed by atoms with E-state index in [1.54, 1.807) is 0 Å². The minimum absolute atomic E-state index is 0.439. The molecule has 102 valence electrons. The van der Waals surface area contributed by atoms with Crippen LogP contribution in [0.15, 0.2) is 0 Å². The van der Waals surface area contributed by atoms with Crippen molar-refractivity contribution in [2.24, 2.45) is 11.3 Å². The molecule has 17 heavy (non-hydrogen) atoms. The fraction of sp³-hybridized carbons (Fsp3) is 1.00. The average molecular weight is 241 g/mol. The quantitative estimate of drug-likeness (QED) is 0.701. The van der Waals surface area contributed by atoms with E-state index >= 15 is 0 Å². The second kappa shape index (κ2) is 7.38. The van der Waals surface area contributed by atoms with Gasteiger partial charge in [0.2, 0.25) is 0 Å². The molecule has 1 fully saturated rings. The van der Waals surface area contributed by atoms with E-state index in [2.05, 4.69) is 33.0 Å². The van der Waals surface area contributed by atoms with Crippen LogP contribution in [0.3, 0.4) is 0 Å². The Morgan fingerprint density at radius 3 is 2.71 bits per heavy atom. The molecule has 0 aromatic carbocycles. The molecule has 1 N–H and O–H groups in total. The molecule has 0 saturated carbocycles. The van der Waals surface area contributed by atoms with Crippen molar-refractivity contribution in [2.45, 2.75) is 65.9 Å². The number of rotatable bonds is 8. The molecule has 0 amide bonds. The fourth-order valence-electron chi connectivity index (χ4n) is 2.60. The summed E-state index contributed by atoms with van der Waals surface area (Å²) in [7, 11) is 0. The highest BCUT2D eigenvalue weighted by Crippen LogP contribution is 2.33. The molecule has 2 nitrogen and oxygen atoms in total. The molecule has 0 aromatic heterocycles. The van der Waals surface area contributed by atoms with Gasteiger partial charge in [0.1, 0.15) is 0 Å². The zero-order valence-electron chi connectivity index (χ0n) is 12.2. The third kappa shape index (κ3) is 4.97. The average Bonchev–Trinajstić information content (AvgIpc) is 2.79. The molecule has 0 bridgehead atoms. The van der Waals surface area contributed by atoms with Gasteiger partial charge < -0.3 is 10.1 Å². The van der Waals surface area contributed by atoms with Crippen LogP contribution in [0.2, 0.25) is 0 Å². The van der Waals surface area contributed by atoms with Crippen molar-refractivity contribution in [1.29, 1.82) is 0 Å². The van der Waals surface area contributed by atoms with E-state index in [4.69, 9.17) is 4.74 Å². The molecule has 1 rings (SSSR count). The van der Waals surface area contributed by atoms with Crippen LogP contribution in [-0.2, 0) is 4.74 Å². The summed E-state index contributed by atoms with van der Waals surface area (Å²) >= 11 is 0. The first-order valence-electron chi connectivity index (χ1n) is 7.41. The van der Waals surface area contributed by atoms with Gasteiger partial charge in [0.15, 0.2) is 0 Å². The maximum atomic E-state index is 5.69. The highest BCUT2D eigenvalue weighted by molar-refractivity contribution is 4.80. The normalized spacial score (nSPS) is 24.2. The molecule has 1 aliphatic rings. The first-order chi connectivity index (χ1) is 8.08. The molecule has 0 spiro atoms. The Labute approximate surface area is 108 Å². The van der Waals surface area contributed by atoms with Crippen LogP contribution < -0.4 is 5.32 Å². The zero-order chi connectivity index (χ0) is 12.7. The Hall–Kier alpha value is -0.0800. The predicted octanol–water partition coefficient (Wildman–Crippen LogP) is 3.61. The summed E-state index contributed by atoms with van der Waals surface area (Å²) in [6, 6.07) is 0. The van der Waals surface area contributed by atoms with Gasteiger partial charge in [-0.1, -0.05) is 34.1 Å². The van der Waals surface area contributed by atoms with Crippen LogP contribution in [0.1, 0.15) is 59.8 Å². The SMILES string of the molecule is CCNCC(C)(CCCC1CCCO1)C(C)C. The number of nitrogens with one attached hydrogen (secondary N) is 1. The summed E-state index contributed by atoms with van der Waals surface area (Å²) < 4.78 is 5.69. The van der Waals surface area contributed by atoms with E-state index in [-0.39, 0.29) is 0 Å². The Morgan fingerprint density at radius 1 is 1.41 bits per heavy atom. The summed E-state index contributed by atoms with van der Waals surface area (Å²) in [5, 5.41) is 3.52. The third-order valence-electron chi connectivity index (χ3n) is 4.47. The van der Waals surface area contributed by atoms with Gasteiger partial charge >= 0.3 is 0 Å². The van der Waals surface area contributed by atoms with Gasteiger partial charge in [-0.3, -0.25) is 0 Å². The van der Waals surface area contributed by atoms with Gasteiger partial charge in [-0.15, -0.1) is 0 Å². The maximum absolute atomic E-state index is 5.69. The van der Waals surface area contributed by atoms with Crippen molar-refractivity contribution in [2.75, 3.05) is 19.7 Å². The Bertz CT molecular complexity index is 199. The van der Waals surface area contributed by atoms with Crippen LogP contribution in [-0.4, -0.2) is 25.8 Å². The molecule has 1 saturated heterocycles. The third-order valence-corrected chi connectivity index (χ3v) is 4.47. The summed E-state index contributed by atoms with van der Waals surface area (Å²) in [6.45, 7) is 12.5. The van der Waals surface area contributed by atoms with Crippen LogP contribution in [0, 0.1) is 11.3 Å². The second-order valence-corrected chi connectivity index (χ2v) is 6.12. The van der Waals surface area contributed by atoms with Gasteiger partial charge in [-0.05, 0) is 43.6 Å². The van der Waals surface area contributed by atoms with Crippen molar-refractivity contribution >= 4 is 0 Å². The largest absolute Gasteiger partial charge is 0.378 e. The summed E-state index contributed by atoms with van der Waals surface area (Å²) in [5.74, 6) is 0.742. The lowest BCUT2D eigenvalue weighted by molar-refractivity contribution is 0.0941. The Morgan fingerprint density at radius 2 is 2.18 bits per heavy atom. The molecule has 2 unspecified atom stereocenters. The summed E-state index contributed by atoms with van der Waals surface area (Å²) in [6.07, 6.45) is 7.00. The molecule has 0 aromatic rings. The molecule has 2 atom stereocenters. The maximum Gasteiger partial charge on any atom is 0.0576 e. The lowest BCUT2D eigenvalue weighted by atomic mass is 9.75. The smallest absolute Gasteiger partial charge is 0.0576 e. The first kappa shape index (κ1) is 15.0. The Balaban J connectivity index is 2.27. The fourth-order valence-corrected chi connectivity index (χ4v) is 2.60. The molecule has 2 heteroatoms. The van der Waals surface area contributed by atoms with E-state index in [0.29, 0.717) is 11.5 Å². The van der Waals surface area contributed by atoms with Crippen LogP contribution in [0.25, 0.3) is 0 Å².